The Morgan fingerprint density at radius 3 is 2.53 bits per heavy atom. The van der Waals surface area contributed by atoms with E-state index in [2.05, 4.69) is 22.2 Å². The van der Waals surface area contributed by atoms with Crippen LogP contribution in [0.1, 0.15) is 25.5 Å². The third-order valence-electron chi connectivity index (χ3n) is 4.54. The van der Waals surface area contributed by atoms with E-state index < -0.39 is 0 Å². The minimum Gasteiger partial charge on any atom is -0.497 e. The van der Waals surface area contributed by atoms with Gasteiger partial charge in [-0.25, -0.2) is 4.98 Å². The number of fused-ring (bicyclic) bond motifs is 1. The maximum atomic E-state index is 12.9. The number of benzene rings is 1. The Balaban J connectivity index is 1.79. The summed E-state index contributed by atoms with van der Waals surface area (Å²) in [5.74, 6) is 1.07. The summed E-state index contributed by atoms with van der Waals surface area (Å²) in [7, 11) is 3.10. The molecule has 0 aliphatic carbocycles. The number of methoxy groups -OCH3 is 2. The molecule has 0 fully saturated rings. The van der Waals surface area contributed by atoms with E-state index in [0.717, 1.165) is 18.5 Å². The van der Waals surface area contributed by atoms with E-state index in [1.165, 1.54) is 11.8 Å². The van der Waals surface area contributed by atoms with Crippen molar-refractivity contribution < 1.29 is 14.3 Å². The number of carbonyl (C=O) groups is 1. The van der Waals surface area contributed by atoms with E-state index >= 15 is 0 Å². The van der Waals surface area contributed by atoms with E-state index in [1.54, 1.807) is 37.0 Å². The Kier molecular flexibility index (Phi) is 7.04. The zero-order valence-corrected chi connectivity index (χ0v) is 18.4. The van der Waals surface area contributed by atoms with Crippen molar-refractivity contribution in [3.05, 3.63) is 40.3 Å². The number of nitrogens with one attached hydrogen (secondary N) is 2. The number of aryl methyl sites for hydroxylation is 1. The van der Waals surface area contributed by atoms with E-state index in [-0.39, 0.29) is 17.2 Å². The smallest absolute Gasteiger partial charge is 0.278 e. The minimum atomic E-state index is -0.211. The molecule has 2 aromatic heterocycles. The summed E-state index contributed by atoms with van der Waals surface area (Å²) in [6.45, 7) is 4.52. The second-order valence-corrected chi connectivity index (χ2v) is 7.80. The molecule has 0 saturated carbocycles. The normalized spacial score (nSPS) is 10.9. The number of unbranched alkanes of at least 4 members (excludes halogenated alkanes) is 1. The van der Waals surface area contributed by atoms with Gasteiger partial charge in [-0.1, -0.05) is 25.1 Å². The lowest BCUT2D eigenvalue weighted by Crippen LogP contribution is -2.24. The Morgan fingerprint density at radius 1 is 1.20 bits per heavy atom. The molecule has 0 atom stereocenters. The standard InChI is InChI=1S/C21H26N4O4S/c1-5-6-7-25-20(27)19-17(8-13(2)22-19)24-21(25)30-12-18(26)23-14-9-15(28-3)11-16(10-14)29-4/h8-11,22H,5-7,12H2,1-4H3,(H,23,26). The van der Waals surface area contributed by atoms with Crippen LogP contribution in [0.15, 0.2) is 34.2 Å². The average molecular weight is 431 g/mol. The summed E-state index contributed by atoms with van der Waals surface area (Å²) >= 11 is 1.25. The molecule has 30 heavy (non-hydrogen) atoms. The van der Waals surface area contributed by atoms with Crippen LogP contribution in [0.3, 0.4) is 0 Å². The quantitative estimate of drug-likeness (QED) is 0.398. The van der Waals surface area contributed by atoms with Gasteiger partial charge in [0.25, 0.3) is 5.56 Å². The molecule has 1 amide bonds. The van der Waals surface area contributed by atoms with Gasteiger partial charge < -0.3 is 19.8 Å². The summed E-state index contributed by atoms with van der Waals surface area (Å²) in [5.41, 5.74) is 2.46. The van der Waals surface area contributed by atoms with Crippen LogP contribution in [0, 0.1) is 6.92 Å². The van der Waals surface area contributed by atoms with Crippen molar-refractivity contribution >= 4 is 34.4 Å². The van der Waals surface area contributed by atoms with Crippen LogP contribution in [0.25, 0.3) is 11.0 Å². The third-order valence-corrected chi connectivity index (χ3v) is 5.52. The van der Waals surface area contributed by atoms with Crippen molar-refractivity contribution in [3.8, 4) is 11.5 Å². The second-order valence-electron chi connectivity index (χ2n) is 6.86. The zero-order valence-electron chi connectivity index (χ0n) is 17.6. The highest BCUT2D eigenvalue weighted by Crippen LogP contribution is 2.26. The average Bonchev–Trinajstić information content (AvgIpc) is 3.11. The first-order valence-corrected chi connectivity index (χ1v) is 10.7. The van der Waals surface area contributed by atoms with Crippen molar-refractivity contribution in [1.29, 1.82) is 0 Å². The van der Waals surface area contributed by atoms with Gasteiger partial charge in [0.1, 0.15) is 17.0 Å². The van der Waals surface area contributed by atoms with Gasteiger partial charge in [-0.15, -0.1) is 0 Å². The summed E-state index contributed by atoms with van der Waals surface area (Å²) in [5, 5.41) is 3.38. The number of H-pyrrole nitrogens is 1. The van der Waals surface area contributed by atoms with Crippen molar-refractivity contribution in [2.45, 2.75) is 38.4 Å². The SMILES string of the molecule is CCCCn1c(SCC(=O)Nc2cc(OC)cc(OC)c2)nc2cc(C)[nH]c2c1=O. The van der Waals surface area contributed by atoms with Gasteiger partial charge in [0.15, 0.2) is 5.16 Å². The van der Waals surface area contributed by atoms with Crippen LogP contribution >= 0.6 is 11.8 Å². The fourth-order valence-electron chi connectivity index (χ4n) is 3.04. The number of hydrogen-bond acceptors (Lipinski definition) is 6. The molecule has 0 bridgehead atoms. The molecule has 0 aliphatic rings. The number of thioether (sulfide) groups is 1. The molecule has 0 radical (unpaired) electrons. The lowest BCUT2D eigenvalue weighted by Gasteiger charge is -2.12. The molecule has 0 saturated heterocycles. The van der Waals surface area contributed by atoms with Gasteiger partial charge in [-0.2, -0.15) is 0 Å². The largest absolute Gasteiger partial charge is 0.497 e. The lowest BCUT2D eigenvalue weighted by atomic mass is 10.2. The third kappa shape index (κ3) is 4.96. The van der Waals surface area contributed by atoms with Gasteiger partial charge in [0, 0.05) is 36.1 Å². The molecular formula is C21H26N4O4S. The van der Waals surface area contributed by atoms with Crippen molar-refractivity contribution in [3.63, 3.8) is 0 Å². The van der Waals surface area contributed by atoms with Gasteiger partial charge >= 0.3 is 0 Å². The number of amides is 1. The number of aromatic nitrogens is 3. The number of anilines is 1. The van der Waals surface area contributed by atoms with E-state index in [0.29, 0.717) is 39.9 Å². The van der Waals surface area contributed by atoms with Gasteiger partial charge in [-0.3, -0.25) is 14.2 Å². The Morgan fingerprint density at radius 2 is 1.90 bits per heavy atom. The molecule has 3 aromatic rings. The summed E-state index contributed by atoms with van der Waals surface area (Å²) in [6, 6.07) is 7.01. The highest BCUT2D eigenvalue weighted by atomic mass is 32.2. The molecule has 8 nitrogen and oxygen atoms in total. The summed E-state index contributed by atoms with van der Waals surface area (Å²) < 4.78 is 12.1. The molecule has 0 spiro atoms. The van der Waals surface area contributed by atoms with Crippen molar-refractivity contribution in [2.24, 2.45) is 0 Å². The van der Waals surface area contributed by atoms with Crippen molar-refractivity contribution in [1.82, 2.24) is 14.5 Å². The van der Waals surface area contributed by atoms with Crippen LogP contribution in [0.4, 0.5) is 5.69 Å². The highest BCUT2D eigenvalue weighted by molar-refractivity contribution is 7.99. The van der Waals surface area contributed by atoms with Crippen LogP contribution in [0.2, 0.25) is 0 Å². The number of hydrogen-bond donors (Lipinski definition) is 2. The first kappa shape index (κ1) is 21.8. The Bertz CT molecular complexity index is 1080. The fraction of sp³-hybridized carbons (Fsp3) is 0.381. The molecule has 3 rings (SSSR count). The van der Waals surface area contributed by atoms with Crippen molar-refractivity contribution in [2.75, 3.05) is 25.3 Å². The molecule has 2 heterocycles. The van der Waals surface area contributed by atoms with E-state index in [1.807, 2.05) is 13.0 Å². The Hall–Kier alpha value is -2.94. The van der Waals surface area contributed by atoms with Gasteiger partial charge in [0.05, 0.1) is 25.5 Å². The fourth-order valence-corrected chi connectivity index (χ4v) is 3.87. The Labute approximate surface area is 179 Å². The first-order valence-electron chi connectivity index (χ1n) is 9.71. The zero-order chi connectivity index (χ0) is 21.7. The highest BCUT2D eigenvalue weighted by Gasteiger charge is 2.15. The summed E-state index contributed by atoms with van der Waals surface area (Å²) in [4.78, 5) is 33.1. The number of nitrogens with zero attached hydrogens (tertiary/aromatic N) is 2. The molecular weight excluding hydrogens is 404 g/mol. The monoisotopic (exact) mass is 430 g/mol. The van der Waals surface area contributed by atoms with Gasteiger partial charge in [0.2, 0.25) is 5.91 Å². The second kappa shape index (κ2) is 9.71. The van der Waals surface area contributed by atoms with E-state index in [4.69, 9.17) is 9.47 Å². The maximum Gasteiger partial charge on any atom is 0.278 e. The molecule has 0 aliphatic heterocycles. The van der Waals surface area contributed by atoms with Crippen LogP contribution in [0.5, 0.6) is 11.5 Å². The topological polar surface area (TPSA) is 98.2 Å². The van der Waals surface area contributed by atoms with Crippen LogP contribution in [-0.2, 0) is 11.3 Å². The minimum absolute atomic E-state index is 0.109. The van der Waals surface area contributed by atoms with Gasteiger partial charge in [-0.05, 0) is 19.4 Å². The molecule has 1 aromatic carbocycles. The number of rotatable bonds is 9. The van der Waals surface area contributed by atoms with Crippen LogP contribution < -0.4 is 20.3 Å². The maximum absolute atomic E-state index is 12.9. The number of carbonyl (C=O) groups excluding carboxylic acids is 1. The van der Waals surface area contributed by atoms with Crippen LogP contribution in [-0.4, -0.2) is 40.4 Å². The predicted octanol–water partition coefficient (Wildman–Crippen LogP) is 3.58. The number of aromatic amines is 1. The first-order chi connectivity index (χ1) is 14.4. The number of ether oxygens (including phenoxy) is 2. The molecule has 9 heteroatoms. The lowest BCUT2D eigenvalue weighted by molar-refractivity contribution is -0.113. The predicted molar refractivity (Wildman–Crippen MR) is 119 cm³/mol. The van der Waals surface area contributed by atoms with E-state index in [9.17, 15) is 9.59 Å². The molecule has 2 N–H and O–H groups in total. The molecule has 160 valence electrons. The summed E-state index contributed by atoms with van der Waals surface area (Å²) in [6.07, 6.45) is 1.81. The molecule has 0 unspecified atom stereocenters.